The Morgan fingerprint density at radius 3 is 0.588 bits per heavy atom. The SMILES string of the molecule is O=c1c(=O)c(=O)c2c(=O)c3nc4c(=O)c5c(=O)c(=O)c(=O)c(=O)c5c(=O)c4nc3c(=O)c2c1=O. The zero-order valence-electron chi connectivity index (χ0n) is 15.8. The van der Waals surface area contributed by atoms with Gasteiger partial charge in [0, 0.05) is 0 Å². The van der Waals surface area contributed by atoms with E-state index in [-0.39, 0.29) is 0 Å². The van der Waals surface area contributed by atoms with E-state index < -0.39 is 109 Å². The molecular weight excluding hydrogens is 460 g/mol. The second-order valence-corrected chi connectivity index (χ2v) is 7.07. The van der Waals surface area contributed by atoms with E-state index in [1.807, 2.05) is 0 Å². The molecule has 14 heteroatoms. The number of rotatable bonds is 0. The topological polar surface area (TPSA) is 231 Å². The Bertz CT molecular complexity index is 2170. The molecule has 0 aliphatic carbocycles. The lowest BCUT2D eigenvalue weighted by Gasteiger charge is -2.01. The van der Waals surface area contributed by atoms with Gasteiger partial charge in [-0.25, -0.2) is 9.97 Å². The Morgan fingerprint density at radius 1 is 0.235 bits per heavy atom. The van der Waals surface area contributed by atoms with Crippen molar-refractivity contribution >= 4 is 43.6 Å². The fourth-order valence-electron chi connectivity index (χ4n) is 3.73. The maximum Gasteiger partial charge on any atom is 0.277 e. The minimum absolute atomic E-state index is 1.06. The number of nitrogens with zero attached hydrogens (tertiary/aromatic N) is 2. The van der Waals surface area contributed by atoms with Crippen LogP contribution in [0.5, 0.6) is 0 Å². The maximum atomic E-state index is 12.8. The molecule has 0 saturated carbocycles. The molecule has 0 unspecified atom stereocenters. The molecule has 0 amide bonds. The summed E-state index contributed by atoms with van der Waals surface area (Å²) in [5.74, 6) is 0. The summed E-state index contributed by atoms with van der Waals surface area (Å²) in [5.41, 5.74) is -25.0. The van der Waals surface area contributed by atoms with Gasteiger partial charge < -0.3 is 0 Å². The van der Waals surface area contributed by atoms with Crippen molar-refractivity contribution in [2.75, 3.05) is 0 Å². The second kappa shape index (κ2) is 6.10. The molecule has 34 heavy (non-hydrogen) atoms. The van der Waals surface area contributed by atoms with Gasteiger partial charge in [-0.2, -0.15) is 0 Å². The molecule has 0 radical (unpaired) electrons. The average molecular weight is 460 g/mol. The molecule has 5 rings (SSSR count). The second-order valence-electron chi connectivity index (χ2n) is 7.07. The Kier molecular flexibility index (Phi) is 3.68. The number of fused-ring (bicyclic) bond motifs is 4. The van der Waals surface area contributed by atoms with E-state index in [4.69, 9.17) is 0 Å². The molecule has 1 aromatic heterocycles. The normalized spacial score (nSPS) is 11.8. The van der Waals surface area contributed by atoms with Crippen molar-refractivity contribution in [3.8, 4) is 0 Å². The van der Waals surface area contributed by atoms with Gasteiger partial charge in [0.2, 0.25) is 43.4 Å². The quantitative estimate of drug-likeness (QED) is 0.155. The summed E-state index contributed by atoms with van der Waals surface area (Å²) in [7, 11) is 0. The van der Waals surface area contributed by atoms with Crippen LogP contribution in [0.2, 0.25) is 0 Å². The lowest BCUT2D eigenvalue weighted by molar-refractivity contribution is 1.32. The van der Waals surface area contributed by atoms with Crippen molar-refractivity contribution in [2.24, 2.45) is 0 Å². The Labute approximate surface area is 177 Å². The molecular formula is C20N2O12. The monoisotopic (exact) mass is 460 g/mol. The van der Waals surface area contributed by atoms with Crippen LogP contribution in [0, 0.1) is 0 Å². The van der Waals surface area contributed by atoms with Crippen molar-refractivity contribution < 1.29 is 0 Å². The predicted molar refractivity (Wildman–Crippen MR) is 114 cm³/mol. The van der Waals surface area contributed by atoms with Gasteiger partial charge in [-0.1, -0.05) is 0 Å². The van der Waals surface area contributed by atoms with Crippen molar-refractivity contribution in [3.05, 3.63) is 123 Å². The van der Waals surface area contributed by atoms with Crippen LogP contribution < -0.4 is 65.1 Å². The van der Waals surface area contributed by atoms with Gasteiger partial charge in [0.25, 0.3) is 21.7 Å². The molecule has 4 aromatic carbocycles. The molecule has 0 N–H and O–H groups in total. The Balaban J connectivity index is 2.26. The first kappa shape index (κ1) is 20.5. The van der Waals surface area contributed by atoms with Crippen molar-refractivity contribution in [1.29, 1.82) is 0 Å². The smallest absolute Gasteiger partial charge is 0.277 e. The maximum absolute atomic E-state index is 12.8. The summed E-state index contributed by atoms with van der Waals surface area (Å²) < 4.78 is 0. The van der Waals surface area contributed by atoms with Crippen LogP contribution in [0.15, 0.2) is 57.5 Å². The van der Waals surface area contributed by atoms with E-state index in [0.29, 0.717) is 0 Å². The third-order valence-corrected chi connectivity index (χ3v) is 5.31. The first-order chi connectivity index (χ1) is 15.9. The highest BCUT2D eigenvalue weighted by Gasteiger charge is 2.26. The Morgan fingerprint density at radius 2 is 0.412 bits per heavy atom. The number of benzene rings is 4. The van der Waals surface area contributed by atoms with E-state index in [2.05, 4.69) is 9.97 Å². The molecule has 0 saturated heterocycles. The molecule has 5 aromatic rings. The minimum atomic E-state index is -1.88. The predicted octanol–water partition coefficient (Wildman–Crippen LogP) is -5.96. The number of hydrogen-bond donors (Lipinski definition) is 0. The van der Waals surface area contributed by atoms with Crippen LogP contribution in [0.3, 0.4) is 0 Å². The largest absolute Gasteiger partial charge is 0.287 e. The minimum Gasteiger partial charge on any atom is -0.287 e. The summed E-state index contributed by atoms with van der Waals surface area (Å²) in [6.07, 6.45) is 0. The third-order valence-electron chi connectivity index (χ3n) is 5.31. The van der Waals surface area contributed by atoms with Crippen molar-refractivity contribution in [2.45, 2.75) is 0 Å². The van der Waals surface area contributed by atoms with Crippen LogP contribution in [0.4, 0.5) is 0 Å². The van der Waals surface area contributed by atoms with Gasteiger partial charge in [0.05, 0.1) is 21.5 Å². The van der Waals surface area contributed by atoms with E-state index in [1.54, 1.807) is 0 Å². The molecule has 0 spiro atoms. The van der Waals surface area contributed by atoms with Gasteiger partial charge in [-0.05, 0) is 0 Å². The third kappa shape index (κ3) is 2.12. The van der Waals surface area contributed by atoms with Gasteiger partial charge in [-0.15, -0.1) is 0 Å². The van der Waals surface area contributed by atoms with Gasteiger partial charge >= 0.3 is 0 Å². The lowest BCUT2D eigenvalue weighted by Crippen LogP contribution is -2.50. The van der Waals surface area contributed by atoms with Gasteiger partial charge in [0.1, 0.15) is 22.1 Å². The summed E-state index contributed by atoms with van der Waals surface area (Å²) in [6, 6.07) is 0. The average Bonchev–Trinajstić information content (AvgIpc) is 2.82. The molecule has 0 atom stereocenters. The van der Waals surface area contributed by atoms with Gasteiger partial charge in [-0.3, -0.25) is 57.5 Å². The van der Waals surface area contributed by atoms with Crippen LogP contribution in [-0.4, -0.2) is 9.97 Å². The summed E-state index contributed by atoms with van der Waals surface area (Å²) >= 11 is 0. The molecule has 0 aliphatic rings. The van der Waals surface area contributed by atoms with Crippen molar-refractivity contribution in [1.82, 2.24) is 9.97 Å². The van der Waals surface area contributed by atoms with Crippen LogP contribution in [0.25, 0.3) is 43.6 Å². The number of aromatic nitrogens is 2. The van der Waals surface area contributed by atoms with E-state index >= 15 is 0 Å². The van der Waals surface area contributed by atoms with E-state index in [9.17, 15) is 57.5 Å². The summed E-state index contributed by atoms with van der Waals surface area (Å²) in [4.78, 5) is 153. The Hall–Kier alpha value is -5.40. The molecule has 0 bridgehead atoms. The first-order valence-electron chi connectivity index (χ1n) is 8.84. The van der Waals surface area contributed by atoms with Crippen LogP contribution >= 0.6 is 0 Å². The highest BCUT2D eigenvalue weighted by atomic mass is 16.2. The van der Waals surface area contributed by atoms with Gasteiger partial charge in [0.15, 0.2) is 0 Å². The molecule has 0 fully saturated rings. The van der Waals surface area contributed by atoms with Crippen molar-refractivity contribution in [3.63, 3.8) is 0 Å². The summed E-state index contributed by atoms with van der Waals surface area (Å²) in [6.45, 7) is 0. The molecule has 14 nitrogen and oxygen atoms in total. The molecule has 1 heterocycles. The highest BCUT2D eigenvalue weighted by molar-refractivity contribution is 6.00. The molecule has 0 aliphatic heterocycles. The molecule has 162 valence electrons. The van der Waals surface area contributed by atoms with E-state index in [1.165, 1.54) is 0 Å². The van der Waals surface area contributed by atoms with Crippen LogP contribution in [0.1, 0.15) is 0 Å². The lowest BCUT2D eigenvalue weighted by atomic mass is 10.0. The first-order valence-corrected chi connectivity index (χ1v) is 8.84. The fourth-order valence-corrected chi connectivity index (χ4v) is 3.73. The van der Waals surface area contributed by atoms with E-state index in [0.717, 1.165) is 0 Å². The van der Waals surface area contributed by atoms with Crippen LogP contribution in [-0.2, 0) is 0 Å². The highest BCUT2D eigenvalue weighted by Crippen LogP contribution is 2.09. The standard InChI is InChI=1S/C20N2O12/c23-9-1-2(14(28)18(32)17(31)13(1)27)10(24)6-5(9)21-7-8(22-6)12(26)4-3(11(7)25)15(29)19(33)20(34)16(4)30. The fraction of sp³-hybridized carbons (Fsp3) is 0. The zero-order chi connectivity index (χ0) is 25.0. The zero-order valence-corrected chi connectivity index (χ0v) is 15.8. The summed E-state index contributed by atoms with van der Waals surface area (Å²) in [5, 5.41) is -5.11. The number of hydrogen-bond acceptors (Lipinski definition) is 14.